The van der Waals surface area contributed by atoms with E-state index < -0.39 is 0 Å². The highest BCUT2D eigenvalue weighted by atomic mass is 79.9. The molecule has 0 radical (unpaired) electrons. The van der Waals surface area contributed by atoms with Crippen LogP contribution in [-0.4, -0.2) is 24.5 Å². The summed E-state index contributed by atoms with van der Waals surface area (Å²) in [6, 6.07) is 0. The van der Waals surface area contributed by atoms with Gasteiger partial charge in [-0.3, -0.25) is 4.79 Å². The molecule has 0 saturated heterocycles. The number of ketones is 1. The van der Waals surface area contributed by atoms with Crippen molar-refractivity contribution in [3.05, 3.63) is 21.2 Å². The largest absolute Gasteiger partial charge is 0.504 e. The number of Topliss-reactive ketones (excluding diaryl/α,β-unsaturated/α-hetero) is 1. The molecule has 1 rings (SSSR count). The first kappa shape index (κ1) is 13.0. The summed E-state index contributed by atoms with van der Waals surface area (Å²) in [7, 11) is 1.44. The van der Waals surface area contributed by atoms with E-state index in [4.69, 9.17) is 10.5 Å². The van der Waals surface area contributed by atoms with Crippen LogP contribution in [0.2, 0.25) is 0 Å². The Balaban J connectivity index is 3.62. The van der Waals surface area contributed by atoms with Gasteiger partial charge in [0.1, 0.15) is 0 Å². The molecule has 0 bridgehead atoms. The quantitative estimate of drug-likeness (QED) is 0.833. The third-order valence-corrected chi connectivity index (χ3v) is 3.68. The standard InChI is InChI=1S/C11H14BrNO3/c1-5-8(7(14)4-13)10(15)11(16-3)6(2)9(5)12/h15H,4,13H2,1-3H3. The predicted molar refractivity (Wildman–Crippen MR) is 65.2 cm³/mol. The minimum absolute atomic E-state index is 0.142. The number of hydrogen-bond acceptors (Lipinski definition) is 4. The molecule has 0 heterocycles. The molecule has 0 atom stereocenters. The summed E-state index contributed by atoms with van der Waals surface area (Å²) in [5.41, 5.74) is 6.95. The summed E-state index contributed by atoms with van der Waals surface area (Å²) >= 11 is 3.37. The summed E-state index contributed by atoms with van der Waals surface area (Å²) in [6.07, 6.45) is 0. The minimum Gasteiger partial charge on any atom is -0.504 e. The van der Waals surface area contributed by atoms with E-state index in [1.165, 1.54) is 7.11 Å². The van der Waals surface area contributed by atoms with Crippen molar-refractivity contribution in [2.24, 2.45) is 5.73 Å². The Morgan fingerprint density at radius 1 is 1.44 bits per heavy atom. The average molecular weight is 288 g/mol. The molecule has 0 aromatic heterocycles. The molecule has 0 saturated carbocycles. The second-order valence-corrected chi connectivity index (χ2v) is 4.24. The van der Waals surface area contributed by atoms with Gasteiger partial charge in [0, 0.05) is 10.0 Å². The van der Waals surface area contributed by atoms with Crippen LogP contribution in [0.25, 0.3) is 0 Å². The van der Waals surface area contributed by atoms with E-state index in [1.54, 1.807) is 13.8 Å². The smallest absolute Gasteiger partial charge is 0.180 e. The van der Waals surface area contributed by atoms with Crippen LogP contribution in [0.1, 0.15) is 21.5 Å². The Morgan fingerprint density at radius 3 is 2.44 bits per heavy atom. The van der Waals surface area contributed by atoms with Crippen LogP contribution in [0, 0.1) is 13.8 Å². The number of halogens is 1. The molecule has 0 spiro atoms. The van der Waals surface area contributed by atoms with Gasteiger partial charge in [0.2, 0.25) is 0 Å². The third kappa shape index (κ3) is 1.92. The minimum atomic E-state index is -0.311. The van der Waals surface area contributed by atoms with Crippen LogP contribution >= 0.6 is 15.9 Å². The van der Waals surface area contributed by atoms with Crippen molar-refractivity contribution in [3.63, 3.8) is 0 Å². The highest BCUT2D eigenvalue weighted by molar-refractivity contribution is 9.10. The van der Waals surface area contributed by atoms with E-state index in [2.05, 4.69) is 15.9 Å². The maximum Gasteiger partial charge on any atom is 0.180 e. The van der Waals surface area contributed by atoms with E-state index in [9.17, 15) is 9.90 Å². The van der Waals surface area contributed by atoms with Crippen molar-refractivity contribution >= 4 is 21.7 Å². The average Bonchev–Trinajstić information content (AvgIpc) is 2.27. The molecule has 0 aliphatic carbocycles. The summed E-state index contributed by atoms with van der Waals surface area (Å²) in [5.74, 6) is -0.153. The van der Waals surface area contributed by atoms with Gasteiger partial charge in [-0.05, 0) is 19.4 Å². The van der Waals surface area contributed by atoms with E-state index in [0.29, 0.717) is 11.3 Å². The maximum absolute atomic E-state index is 11.6. The molecule has 16 heavy (non-hydrogen) atoms. The zero-order valence-corrected chi connectivity index (χ0v) is 11.0. The number of phenols is 1. The van der Waals surface area contributed by atoms with Gasteiger partial charge in [-0.1, -0.05) is 15.9 Å². The first-order chi connectivity index (χ1) is 7.45. The fourth-order valence-electron chi connectivity index (χ4n) is 1.65. The van der Waals surface area contributed by atoms with Crippen molar-refractivity contribution in [1.82, 2.24) is 0 Å². The van der Waals surface area contributed by atoms with Gasteiger partial charge in [0.15, 0.2) is 17.3 Å². The molecular weight excluding hydrogens is 274 g/mol. The second-order valence-electron chi connectivity index (χ2n) is 3.45. The van der Waals surface area contributed by atoms with Crippen LogP contribution in [0.3, 0.4) is 0 Å². The maximum atomic E-state index is 11.6. The van der Waals surface area contributed by atoms with Gasteiger partial charge in [-0.25, -0.2) is 0 Å². The van der Waals surface area contributed by atoms with Crippen molar-refractivity contribution in [1.29, 1.82) is 0 Å². The molecule has 0 unspecified atom stereocenters. The number of ether oxygens (including phenoxy) is 1. The fraction of sp³-hybridized carbons (Fsp3) is 0.364. The van der Waals surface area contributed by atoms with Crippen LogP contribution < -0.4 is 10.5 Å². The van der Waals surface area contributed by atoms with E-state index in [-0.39, 0.29) is 23.6 Å². The van der Waals surface area contributed by atoms with Crippen LogP contribution in [0.5, 0.6) is 11.5 Å². The number of hydrogen-bond donors (Lipinski definition) is 2. The molecule has 0 aliphatic heterocycles. The Morgan fingerprint density at radius 2 is 2.00 bits per heavy atom. The summed E-state index contributed by atoms with van der Waals surface area (Å²) in [4.78, 5) is 11.6. The summed E-state index contributed by atoms with van der Waals surface area (Å²) in [6.45, 7) is 3.40. The molecule has 4 nitrogen and oxygen atoms in total. The third-order valence-electron chi connectivity index (χ3n) is 2.49. The summed E-state index contributed by atoms with van der Waals surface area (Å²) in [5, 5.41) is 9.95. The van der Waals surface area contributed by atoms with Crippen molar-refractivity contribution < 1.29 is 14.6 Å². The van der Waals surface area contributed by atoms with Crippen molar-refractivity contribution in [2.45, 2.75) is 13.8 Å². The Hall–Kier alpha value is -1.07. The zero-order chi connectivity index (χ0) is 12.5. The van der Waals surface area contributed by atoms with Crippen LogP contribution in [0.4, 0.5) is 0 Å². The van der Waals surface area contributed by atoms with Crippen molar-refractivity contribution in [3.8, 4) is 11.5 Å². The Labute approximate surface area is 103 Å². The van der Waals surface area contributed by atoms with E-state index in [0.717, 1.165) is 10.0 Å². The monoisotopic (exact) mass is 287 g/mol. The van der Waals surface area contributed by atoms with Gasteiger partial charge >= 0.3 is 0 Å². The predicted octanol–water partition coefficient (Wildman–Crippen LogP) is 1.92. The number of carbonyl (C=O) groups is 1. The molecule has 88 valence electrons. The fourth-order valence-corrected chi connectivity index (χ4v) is 2.03. The van der Waals surface area contributed by atoms with Crippen LogP contribution in [0.15, 0.2) is 4.47 Å². The van der Waals surface area contributed by atoms with Gasteiger partial charge in [-0.2, -0.15) is 0 Å². The molecule has 0 amide bonds. The zero-order valence-electron chi connectivity index (χ0n) is 9.43. The van der Waals surface area contributed by atoms with Crippen molar-refractivity contribution in [2.75, 3.05) is 13.7 Å². The number of carbonyl (C=O) groups excluding carboxylic acids is 1. The number of phenolic OH excluding ortho intramolecular Hbond substituents is 1. The highest BCUT2D eigenvalue weighted by Gasteiger charge is 2.22. The molecule has 1 aromatic rings. The van der Waals surface area contributed by atoms with Gasteiger partial charge in [0.25, 0.3) is 0 Å². The number of rotatable bonds is 3. The molecule has 1 aromatic carbocycles. The van der Waals surface area contributed by atoms with E-state index in [1.807, 2.05) is 0 Å². The Kier molecular flexibility index (Phi) is 3.93. The SMILES string of the molecule is COc1c(C)c(Br)c(C)c(C(=O)CN)c1O. The van der Waals surface area contributed by atoms with Gasteiger partial charge in [-0.15, -0.1) is 0 Å². The number of nitrogens with two attached hydrogens (primary N) is 1. The second kappa shape index (κ2) is 4.84. The Bertz CT molecular complexity index is 444. The molecule has 3 N–H and O–H groups in total. The van der Waals surface area contributed by atoms with Gasteiger partial charge in [0.05, 0.1) is 19.2 Å². The highest BCUT2D eigenvalue weighted by Crippen LogP contribution is 2.41. The number of benzene rings is 1. The number of aromatic hydroxyl groups is 1. The lowest BCUT2D eigenvalue weighted by molar-refractivity contribution is 0.0997. The first-order valence-corrected chi connectivity index (χ1v) is 5.53. The first-order valence-electron chi connectivity index (χ1n) is 4.74. The lowest BCUT2D eigenvalue weighted by Crippen LogP contribution is -2.16. The molecule has 0 fully saturated rings. The molecular formula is C11H14BrNO3. The lowest BCUT2D eigenvalue weighted by atomic mass is 9.99. The summed E-state index contributed by atoms with van der Waals surface area (Å²) < 4.78 is 5.82. The topological polar surface area (TPSA) is 72.5 Å². The lowest BCUT2D eigenvalue weighted by Gasteiger charge is -2.15. The number of methoxy groups -OCH3 is 1. The van der Waals surface area contributed by atoms with Gasteiger partial charge < -0.3 is 15.6 Å². The molecule has 5 heteroatoms. The molecule has 0 aliphatic rings. The van der Waals surface area contributed by atoms with E-state index >= 15 is 0 Å². The normalized spacial score (nSPS) is 10.3. The van der Waals surface area contributed by atoms with Crippen LogP contribution in [-0.2, 0) is 0 Å².